The van der Waals surface area contributed by atoms with Crippen LogP contribution in [0.25, 0.3) is 0 Å². The first-order chi connectivity index (χ1) is 14.8. The van der Waals surface area contributed by atoms with Gasteiger partial charge in [-0.3, -0.25) is 0 Å². The van der Waals surface area contributed by atoms with Gasteiger partial charge in [-0.2, -0.15) is 10.5 Å². The van der Waals surface area contributed by atoms with Crippen LogP contribution >= 0.6 is 7.26 Å². The minimum Gasteiger partial charge on any atom is -1.00 e. The normalized spacial score (nSPS) is 10.4. The Bertz CT molecular complexity index is 1100. The highest BCUT2D eigenvalue weighted by atomic mass is 79.9. The molecule has 0 heterocycles. The quantitative estimate of drug-likeness (QED) is 0.408. The van der Waals surface area contributed by atoms with E-state index in [0.29, 0.717) is 11.1 Å². The van der Waals surface area contributed by atoms with Crippen molar-refractivity contribution < 1.29 is 17.0 Å². The van der Waals surface area contributed by atoms with Crippen molar-refractivity contribution in [1.29, 1.82) is 10.5 Å². The van der Waals surface area contributed by atoms with E-state index in [0.717, 1.165) is 11.7 Å². The molecular formula is C27H20BrN2P. The first kappa shape index (κ1) is 22.5. The maximum atomic E-state index is 9.48. The maximum Gasteiger partial charge on any atom is 0.116 e. The van der Waals surface area contributed by atoms with Crippen LogP contribution in [0.1, 0.15) is 16.7 Å². The molecule has 150 valence electrons. The van der Waals surface area contributed by atoms with Gasteiger partial charge in [0.1, 0.15) is 23.2 Å². The Morgan fingerprint density at radius 2 is 0.903 bits per heavy atom. The highest BCUT2D eigenvalue weighted by molar-refractivity contribution is 7.95. The molecule has 4 aromatic rings. The molecule has 4 heteroatoms. The lowest BCUT2D eigenvalue weighted by molar-refractivity contribution is -0.00000630. The molecule has 0 saturated heterocycles. The number of rotatable bonds is 5. The summed E-state index contributed by atoms with van der Waals surface area (Å²) in [4.78, 5) is 0. The van der Waals surface area contributed by atoms with Gasteiger partial charge >= 0.3 is 0 Å². The zero-order valence-electron chi connectivity index (χ0n) is 16.8. The molecule has 0 aliphatic heterocycles. The molecule has 0 aliphatic carbocycles. The van der Waals surface area contributed by atoms with Crippen molar-refractivity contribution in [3.8, 4) is 12.1 Å². The fraction of sp³-hybridized carbons (Fsp3) is 0.0370. The summed E-state index contributed by atoms with van der Waals surface area (Å²) in [7, 11) is -2.05. The summed E-state index contributed by atoms with van der Waals surface area (Å²) in [5.41, 5.74) is 2.06. The molecular weight excluding hydrogens is 463 g/mol. The van der Waals surface area contributed by atoms with Gasteiger partial charge < -0.3 is 17.0 Å². The van der Waals surface area contributed by atoms with Crippen LogP contribution in [0.3, 0.4) is 0 Å². The fourth-order valence-corrected chi connectivity index (χ4v) is 8.17. The number of nitrogens with zero attached hydrogens (tertiary/aromatic N) is 2. The van der Waals surface area contributed by atoms with Crippen LogP contribution in [-0.4, -0.2) is 0 Å². The molecule has 0 saturated carbocycles. The summed E-state index contributed by atoms with van der Waals surface area (Å²) >= 11 is 0. The molecule has 0 spiro atoms. The van der Waals surface area contributed by atoms with Gasteiger partial charge in [-0.1, -0.05) is 54.6 Å². The van der Waals surface area contributed by atoms with Crippen LogP contribution in [0.5, 0.6) is 0 Å². The van der Waals surface area contributed by atoms with Crippen LogP contribution in [0.2, 0.25) is 0 Å². The van der Waals surface area contributed by atoms with Crippen molar-refractivity contribution in [1.82, 2.24) is 0 Å². The SMILES string of the molecule is N#Cc1cc(C#N)cc(C[P+](c2ccccc2)(c2ccccc2)c2ccccc2)c1.[Br-]. The largest absolute Gasteiger partial charge is 1.00 e. The third-order valence-electron chi connectivity index (χ3n) is 5.26. The Morgan fingerprint density at radius 3 is 1.23 bits per heavy atom. The van der Waals surface area contributed by atoms with E-state index < -0.39 is 7.26 Å². The second kappa shape index (κ2) is 10.2. The lowest BCUT2D eigenvalue weighted by Crippen LogP contribution is -3.00. The van der Waals surface area contributed by atoms with E-state index in [2.05, 4.69) is 84.9 Å². The van der Waals surface area contributed by atoms with Gasteiger partial charge in [0.25, 0.3) is 0 Å². The van der Waals surface area contributed by atoms with Gasteiger partial charge in [-0.05, 0) is 60.2 Å². The van der Waals surface area contributed by atoms with Crippen LogP contribution in [0.15, 0.2) is 109 Å². The van der Waals surface area contributed by atoms with Crippen molar-refractivity contribution in [3.05, 3.63) is 126 Å². The fourth-order valence-electron chi connectivity index (χ4n) is 3.95. The van der Waals surface area contributed by atoms with Crippen molar-refractivity contribution in [2.75, 3.05) is 0 Å². The zero-order valence-corrected chi connectivity index (χ0v) is 19.3. The van der Waals surface area contributed by atoms with Crippen molar-refractivity contribution in [2.45, 2.75) is 6.16 Å². The van der Waals surface area contributed by atoms with E-state index in [1.165, 1.54) is 15.9 Å². The monoisotopic (exact) mass is 482 g/mol. The molecule has 2 nitrogen and oxygen atoms in total. The summed E-state index contributed by atoms with van der Waals surface area (Å²) in [6.07, 6.45) is 0.745. The molecule has 0 amide bonds. The molecule has 0 N–H and O–H groups in total. The number of hydrogen-bond acceptors (Lipinski definition) is 2. The Morgan fingerprint density at radius 1 is 0.548 bits per heavy atom. The highest BCUT2D eigenvalue weighted by Crippen LogP contribution is 2.58. The molecule has 0 unspecified atom stereocenters. The Hall–Kier alpha value is -3.23. The van der Waals surface area contributed by atoms with Crippen molar-refractivity contribution >= 4 is 23.2 Å². The second-order valence-electron chi connectivity index (χ2n) is 7.12. The van der Waals surface area contributed by atoms with Crippen LogP contribution in [-0.2, 0) is 6.16 Å². The third-order valence-corrected chi connectivity index (χ3v) is 9.64. The van der Waals surface area contributed by atoms with Gasteiger partial charge in [-0.15, -0.1) is 0 Å². The van der Waals surface area contributed by atoms with E-state index in [4.69, 9.17) is 0 Å². The Labute approximate surface area is 194 Å². The van der Waals surface area contributed by atoms with E-state index in [1.54, 1.807) is 6.07 Å². The van der Waals surface area contributed by atoms with Gasteiger partial charge in [0.05, 0.1) is 29.4 Å². The maximum absolute atomic E-state index is 9.48. The Kier molecular flexibility index (Phi) is 7.38. The lowest BCUT2D eigenvalue weighted by Gasteiger charge is -2.28. The van der Waals surface area contributed by atoms with Crippen LogP contribution < -0.4 is 32.9 Å². The predicted molar refractivity (Wildman–Crippen MR) is 125 cm³/mol. The third kappa shape index (κ3) is 4.60. The minimum absolute atomic E-state index is 0. The van der Waals surface area contributed by atoms with Gasteiger partial charge in [0.15, 0.2) is 0 Å². The molecule has 0 bridgehead atoms. The van der Waals surface area contributed by atoms with E-state index in [-0.39, 0.29) is 17.0 Å². The second-order valence-corrected chi connectivity index (χ2v) is 10.6. The lowest BCUT2D eigenvalue weighted by atomic mass is 10.1. The molecule has 4 rings (SSSR count). The molecule has 0 aromatic heterocycles. The minimum atomic E-state index is -2.05. The molecule has 0 aliphatic rings. The summed E-state index contributed by atoms with van der Waals surface area (Å²) in [6.45, 7) is 0. The smallest absolute Gasteiger partial charge is 0.116 e. The van der Waals surface area contributed by atoms with Gasteiger partial charge in [0, 0.05) is 0 Å². The van der Waals surface area contributed by atoms with Crippen LogP contribution in [0.4, 0.5) is 0 Å². The van der Waals surface area contributed by atoms with E-state index >= 15 is 0 Å². The summed E-state index contributed by atoms with van der Waals surface area (Å²) in [5, 5.41) is 22.8. The standard InChI is InChI=1S/C27H20N2P.BrH/c28-19-22-16-23(20-29)18-24(17-22)21-30(25-10-4-1-5-11-25,26-12-6-2-7-13-26)27-14-8-3-9-15-27;/h1-18H,21H2;1H/q+1;/p-1. The van der Waals surface area contributed by atoms with Gasteiger partial charge in [0.2, 0.25) is 0 Å². The number of hydrogen-bond donors (Lipinski definition) is 0. The molecule has 0 fully saturated rings. The predicted octanol–water partition coefficient (Wildman–Crippen LogP) is 1.93. The average molecular weight is 483 g/mol. The molecule has 31 heavy (non-hydrogen) atoms. The van der Waals surface area contributed by atoms with Crippen molar-refractivity contribution in [3.63, 3.8) is 0 Å². The van der Waals surface area contributed by atoms with Crippen LogP contribution in [0, 0.1) is 22.7 Å². The zero-order chi connectivity index (χ0) is 20.8. The average Bonchev–Trinajstić information content (AvgIpc) is 2.84. The first-order valence-electron chi connectivity index (χ1n) is 9.75. The number of nitriles is 2. The molecule has 0 radical (unpaired) electrons. The van der Waals surface area contributed by atoms with E-state index in [9.17, 15) is 10.5 Å². The highest BCUT2D eigenvalue weighted by Gasteiger charge is 2.45. The Balaban J connectivity index is 0.00000272. The molecule has 4 aromatic carbocycles. The summed E-state index contributed by atoms with van der Waals surface area (Å²) in [6, 6.07) is 41.8. The number of halogens is 1. The number of benzene rings is 4. The van der Waals surface area contributed by atoms with Crippen molar-refractivity contribution in [2.24, 2.45) is 0 Å². The first-order valence-corrected chi connectivity index (χ1v) is 11.7. The van der Waals surface area contributed by atoms with Gasteiger partial charge in [-0.25, -0.2) is 0 Å². The summed E-state index contributed by atoms with van der Waals surface area (Å²) < 4.78 is 0. The van der Waals surface area contributed by atoms with E-state index in [1.807, 2.05) is 30.3 Å². The topological polar surface area (TPSA) is 47.6 Å². The summed E-state index contributed by atoms with van der Waals surface area (Å²) in [5.74, 6) is 0. The molecule has 0 atom stereocenters.